The molecule has 0 aliphatic carbocycles. The van der Waals surface area contributed by atoms with Crippen LogP contribution in [0.15, 0.2) is 102 Å². The SMILES string of the molecule is COc1ccc(/C=C(\NC(=O)c2ccccc2)C(=O)Nc2ccc(SCC(=O)Nc3ccc(C)cc3C)cc2)c(OC)c1. The number of hydrogen-bond acceptors (Lipinski definition) is 6. The summed E-state index contributed by atoms with van der Waals surface area (Å²) in [6.45, 7) is 3.97. The Morgan fingerprint density at radius 2 is 1.56 bits per heavy atom. The fourth-order valence-corrected chi connectivity index (χ4v) is 4.86. The summed E-state index contributed by atoms with van der Waals surface area (Å²) in [5, 5.41) is 8.51. The Kier molecular flexibility index (Phi) is 10.6. The normalized spacial score (nSPS) is 10.9. The molecule has 3 N–H and O–H groups in total. The molecule has 8 nitrogen and oxygen atoms in total. The maximum Gasteiger partial charge on any atom is 0.272 e. The van der Waals surface area contributed by atoms with Gasteiger partial charge in [-0.1, -0.05) is 35.9 Å². The van der Waals surface area contributed by atoms with E-state index in [1.165, 1.54) is 18.9 Å². The molecule has 4 aromatic rings. The molecule has 0 saturated carbocycles. The van der Waals surface area contributed by atoms with E-state index in [1.54, 1.807) is 67.8 Å². The predicted molar refractivity (Wildman–Crippen MR) is 172 cm³/mol. The molecule has 0 radical (unpaired) electrons. The molecule has 3 amide bonds. The number of anilines is 2. The number of ether oxygens (including phenoxy) is 2. The minimum absolute atomic E-state index is 0.0267. The predicted octanol–water partition coefficient (Wildman–Crippen LogP) is 6.46. The van der Waals surface area contributed by atoms with Crippen molar-refractivity contribution in [2.75, 3.05) is 30.6 Å². The van der Waals surface area contributed by atoms with E-state index in [2.05, 4.69) is 16.0 Å². The molecule has 0 aromatic heterocycles. The molecule has 220 valence electrons. The number of carbonyl (C=O) groups is 3. The van der Waals surface area contributed by atoms with Gasteiger partial charge in [-0.25, -0.2) is 0 Å². The van der Waals surface area contributed by atoms with Crippen LogP contribution in [0.3, 0.4) is 0 Å². The zero-order valence-corrected chi connectivity index (χ0v) is 25.2. The number of aryl methyl sites for hydroxylation is 2. The van der Waals surface area contributed by atoms with Gasteiger partial charge in [0, 0.05) is 33.5 Å². The van der Waals surface area contributed by atoms with Crippen LogP contribution < -0.4 is 25.4 Å². The minimum atomic E-state index is -0.518. The number of benzene rings is 4. The Bertz CT molecular complexity index is 1640. The van der Waals surface area contributed by atoms with E-state index in [0.717, 1.165) is 21.7 Å². The van der Waals surface area contributed by atoms with E-state index in [1.807, 2.05) is 50.2 Å². The fourth-order valence-electron chi connectivity index (χ4n) is 4.16. The molecular weight excluding hydrogens is 562 g/mol. The van der Waals surface area contributed by atoms with Crippen LogP contribution in [0.25, 0.3) is 6.08 Å². The van der Waals surface area contributed by atoms with E-state index >= 15 is 0 Å². The zero-order valence-electron chi connectivity index (χ0n) is 24.4. The number of amides is 3. The molecule has 0 atom stereocenters. The van der Waals surface area contributed by atoms with Gasteiger partial charge in [0.05, 0.1) is 20.0 Å². The van der Waals surface area contributed by atoms with Gasteiger partial charge >= 0.3 is 0 Å². The molecule has 0 spiro atoms. The summed E-state index contributed by atoms with van der Waals surface area (Å²) in [5.74, 6) is 0.250. The third-order valence-corrected chi connectivity index (χ3v) is 7.42. The van der Waals surface area contributed by atoms with Gasteiger partial charge in [-0.15, -0.1) is 11.8 Å². The minimum Gasteiger partial charge on any atom is -0.497 e. The van der Waals surface area contributed by atoms with E-state index < -0.39 is 11.8 Å². The van der Waals surface area contributed by atoms with Crippen LogP contribution in [0.1, 0.15) is 27.0 Å². The van der Waals surface area contributed by atoms with E-state index in [0.29, 0.717) is 28.3 Å². The maximum absolute atomic E-state index is 13.4. The molecule has 0 unspecified atom stereocenters. The fraction of sp³-hybridized carbons (Fsp3) is 0.147. The van der Waals surface area contributed by atoms with Gasteiger partial charge in [-0.3, -0.25) is 14.4 Å². The lowest BCUT2D eigenvalue weighted by atomic mass is 10.1. The molecule has 4 aromatic carbocycles. The zero-order chi connectivity index (χ0) is 30.8. The van der Waals surface area contributed by atoms with Crippen molar-refractivity contribution in [3.63, 3.8) is 0 Å². The highest BCUT2D eigenvalue weighted by Gasteiger charge is 2.17. The largest absolute Gasteiger partial charge is 0.497 e. The molecule has 4 rings (SSSR count). The smallest absolute Gasteiger partial charge is 0.272 e. The third kappa shape index (κ3) is 8.73. The summed E-state index contributed by atoms with van der Waals surface area (Å²) in [5.41, 5.74) is 4.48. The van der Waals surface area contributed by atoms with Crippen molar-refractivity contribution in [3.8, 4) is 11.5 Å². The number of thioether (sulfide) groups is 1. The number of methoxy groups -OCH3 is 2. The van der Waals surface area contributed by atoms with Crippen LogP contribution in [-0.4, -0.2) is 37.7 Å². The highest BCUT2D eigenvalue weighted by molar-refractivity contribution is 8.00. The summed E-state index contributed by atoms with van der Waals surface area (Å²) in [6.07, 6.45) is 1.55. The Morgan fingerprint density at radius 3 is 2.23 bits per heavy atom. The number of hydrogen-bond donors (Lipinski definition) is 3. The standard InChI is InChI=1S/C34H33N3O5S/c1-22-10-17-29(23(2)18-22)36-32(38)21-43-28-15-12-26(13-16-28)35-34(40)30(37-33(39)24-8-6-5-7-9-24)19-25-11-14-27(41-3)20-31(25)42-4/h5-20H,21H2,1-4H3,(H,35,40)(H,36,38)(H,37,39)/b30-19-. The Hall–Kier alpha value is -5.02. The summed E-state index contributed by atoms with van der Waals surface area (Å²) in [6, 6.07) is 26.8. The van der Waals surface area contributed by atoms with Gasteiger partial charge in [0.15, 0.2) is 0 Å². The van der Waals surface area contributed by atoms with Crippen molar-refractivity contribution in [2.45, 2.75) is 18.7 Å². The third-order valence-electron chi connectivity index (χ3n) is 6.41. The summed E-state index contributed by atoms with van der Waals surface area (Å²) < 4.78 is 10.7. The number of nitrogens with one attached hydrogen (secondary N) is 3. The van der Waals surface area contributed by atoms with Crippen LogP contribution in [0.4, 0.5) is 11.4 Å². The Balaban J connectivity index is 1.45. The second kappa shape index (κ2) is 14.7. The van der Waals surface area contributed by atoms with Crippen molar-refractivity contribution in [1.29, 1.82) is 0 Å². The van der Waals surface area contributed by atoms with Crippen LogP contribution in [-0.2, 0) is 9.59 Å². The van der Waals surface area contributed by atoms with Crippen LogP contribution in [0.5, 0.6) is 11.5 Å². The first-order valence-corrected chi connectivity index (χ1v) is 14.5. The highest BCUT2D eigenvalue weighted by atomic mass is 32.2. The Labute approximate surface area is 255 Å². The van der Waals surface area contributed by atoms with Crippen LogP contribution in [0, 0.1) is 13.8 Å². The molecule has 9 heteroatoms. The Morgan fingerprint density at radius 1 is 0.814 bits per heavy atom. The average Bonchev–Trinajstić information content (AvgIpc) is 3.02. The van der Waals surface area contributed by atoms with Gasteiger partial charge < -0.3 is 25.4 Å². The molecular formula is C34H33N3O5S. The molecule has 43 heavy (non-hydrogen) atoms. The van der Waals surface area contributed by atoms with E-state index in [4.69, 9.17) is 9.47 Å². The maximum atomic E-state index is 13.4. The molecule has 0 saturated heterocycles. The number of rotatable bonds is 11. The van der Waals surface area contributed by atoms with Crippen molar-refractivity contribution < 1.29 is 23.9 Å². The first-order chi connectivity index (χ1) is 20.7. The molecule has 0 fully saturated rings. The van der Waals surface area contributed by atoms with Crippen LogP contribution in [0.2, 0.25) is 0 Å². The summed E-state index contributed by atoms with van der Waals surface area (Å²) in [4.78, 5) is 39.7. The van der Waals surface area contributed by atoms with Gasteiger partial charge in [0.1, 0.15) is 17.2 Å². The number of carbonyl (C=O) groups excluding carboxylic acids is 3. The van der Waals surface area contributed by atoms with Crippen molar-refractivity contribution >= 4 is 46.9 Å². The quantitative estimate of drug-likeness (QED) is 0.136. The van der Waals surface area contributed by atoms with Crippen molar-refractivity contribution in [3.05, 3.63) is 119 Å². The van der Waals surface area contributed by atoms with Crippen molar-refractivity contribution in [2.24, 2.45) is 0 Å². The second-order valence-corrected chi connectivity index (χ2v) is 10.7. The lowest BCUT2D eigenvalue weighted by Gasteiger charge is -2.13. The summed E-state index contributed by atoms with van der Waals surface area (Å²) >= 11 is 1.39. The lowest BCUT2D eigenvalue weighted by molar-refractivity contribution is -0.114. The monoisotopic (exact) mass is 595 g/mol. The molecule has 0 bridgehead atoms. The van der Waals surface area contributed by atoms with Gasteiger partial charge in [-0.2, -0.15) is 0 Å². The first-order valence-electron chi connectivity index (χ1n) is 13.5. The second-order valence-electron chi connectivity index (χ2n) is 9.62. The lowest BCUT2D eigenvalue weighted by Crippen LogP contribution is -2.30. The van der Waals surface area contributed by atoms with Gasteiger partial charge in [-0.05, 0) is 80.1 Å². The highest BCUT2D eigenvalue weighted by Crippen LogP contribution is 2.27. The van der Waals surface area contributed by atoms with E-state index in [-0.39, 0.29) is 17.4 Å². The molecule has 0 aliphatic heterocycles. The average molecular weight is 596 g/mol. The topological polar surface area (TPSA) is 106 Å². The summed E-state index contributed by atoms with van der Waals surface area (Å²) in [7, 11) is 3.06. The van der Waals surface area contributed by atoms with E-state index in [9.17, 15) is 14.4 Å². The van der Waals surface area contributed by atoms with Crippen LogP contribution >= 0.6 is 11.8 Å². The molecule has 0 aliphatic rings. The van der Waals surface area contributed by atoms with Crippen molar-refractivity contribution in [1.82, 2.24) is 5.32 Å². The molecule has 0 heterocycles. The van der Waals surface area contributed by atoms with Gasteiger partial charge in [0.2, 0.25) is 5.91 Å². The van der Waals surface area contributed by atoms with Gasteiger partial charge in [0.25, 0.3) is 11.8 Å². The first kappa shape index (κ1) is 30.9.